The summed E-state index contributed by atoms with van der Waals surface area (Å²) in [7, 11) is 0. The van der Waals surface area contributed by atoms with E-state index in [0.717, 1.165) is 19.4 Å². The van der Waals surface area contributed by atoms with Crippen molar-refractivity contribution in [1.29, 1.82) is 0 Å². The molecule has 3 nitrogen and oxygen atoms in total. The van der Waals surface area contributed by atoms with Crippen LogP contribution < -0.4 is 0 Å². The molecule has 1 N–H and O–H groups in total. The minimum absolute atomic E-state index is 0.142. The maximum atomic E-state index is 8.96. The van der Waals surface area contributed by atoms with Gasteiger partial charge < -0.3 is 5.11 Å². The lowest BCUT2D eigenvalue weighted by Gasteiger charge is -2.34. The number of aliphatic hydroxyl groups excluding tert-OH is 1. The maximum absolute atomic E-state index is 8.96. The third kappa shape index (κ3) is 2.56. The molecule has 82 valence electrons. The zero-order valence-electron chi connectivity index (χ0n) is 8.80. The number of benzene rings is 1. The van der Waals surface area contributed by atoms with Gasteiger partial charge in [0.1, 0.15) is 0 Å². The van der Waals surface area contributed by atoms with Gasteiger partial charge in [-0.2, -0.15) is 5.06 Å². The molecule has 0 bridgehead atoms. The molecule has 0 aromatic heterocycles. The van der Waals surface area contributed by atoms with Gasteiger partial charge in [-0.1, -0.05) is 30.3 Å². The lowest BCUT2D eigenvalue weighted by Crippen LogP contribution is -2.35. The Morgan fingerprint density at radius 1 is 1.33 bits per heavy atom. The van der Waals surface area contributed by atoms with E-state index >= 15 is 0 Å². The highest BCUT2D eigenvalue weighted by molar-refractivity contribution is 5.18. The summed E-state index contributed by atoms with van der Waals surface area (Å²) < 4.78 is 0. The minimum Gasteiger partial charge on any atom is -0.395 e. The summed E-state index contributed by atoms with van der Waals surface area (Å²) >= 11 is 0. The highest BCUT2D eigenvalue weighted by Gasteiger charge is 2.24. The number of β-amino-alcohol motifs (C(OH)–C–C–N with tert-alkyl or cyclic N) is 1. The Morgan fingerprint density at radius 3 is 2.87 bits per heavy atom. The topological polar surface area (TPSA) is 32.7 Å². The molecule has 1 aliphatic heterocycles. The van der Waals surface area contributed by atoms with Crippen molar-refractivity contribution in [3.05, 3.63) is 35.9 Å². The van der Waals surface area contributed by atoms with Gasteiger partial charge in [0.15, 0.2) is 0 Å². The van der Waals surface area contributed by atoms with Crippen LogP contribution in [-0.2, 0) is 4.84 Å². The monoisotopic (exact) mass is 207 g/mol. The van der Waals surface area contributed by atoms with Crippen molar-refractivity contribution < 1.29 is 9.94 Å². The Bertz CT molecular complexity index is 287. The van der Waals surface area contributed by atoms with Gasteiger partial charge in [-0.05, 0) is 18.4 Å². The molecule has 1 aromatic rings. The second kappa shape index (κ2) is 5.26. The van der Waals surface area contributed by atoms with Gasteiger partial charge in [0.05, 0.1) is 19.3 Å². The lowest BCUT2D eigenvalue weighted by molar-refractivity contribution is -0.217. The van der Waals surface area contributed by atoms with Crippen LogP contribution in [0.15, 0.2) is 30.3 Å². The highest BCUT2D eigenvalue weighted by Crippen LogP contribution is 2.29. The van der Waals surface area contributed by atoms with Crippen LogP contribution in [0.5, 0.6) is 0 Å². The quantitative estimate of drug-likeness (QED) is 0.819. The first-order valence-electron chi connectivity index (χ1n) is 5.47. The molecule has 0 aliphatic carbocycles. The van der Waals surface area contributed by atoms with E-state index in [-0.39, 0.29) is 6.61 Å². The zero-order chi connectivity index (χ0) is 10.5. The molecule has 1 fully saturated rings. The van der Waals surface area contributed by atoms with Crippen LogP contribution in [0.3, 0.4) is 0 Å². The number of aliphatic hydroxyl groups is 1. The largest absolute Gasteiger partial charge is 0.395 e. The fourth-order valence-electron chi connectivity index (χ4n) is 2.02. The number of hydrogen-bond acceptors (Lipinski definition) is 3. The van der Waals surface area contributed by atoms with E-state index in [1.165, 1.54) is 5.56 Å². The molecular weight excluding hydrogens is 190 g/mol. The summed E-state index contributed by atoms with van der Waals surface area (Å²) in [6.45, 7) is 1.49. The summed E-state index contributed by atoms with van der Waals surface area (Å²) in [5, 5.41) is 10.9. The van der Waals surface area contributed by atoms with Crippen LogP contribution in [0.4, 0.5) is 0 Å². The molecule has 1 heterocycles. The van der Waals surface area contributed by atoms with E-state index in [0.29, 0.717) is 12.6 Å². The summed E-state index contributed by atoms with van der Waals surface area (Å²) in [5.41, 5.74) is 1.27. The smallest absolute Gasteiger partial charge is 0.0686 e. The molecule has 3 heteroatoms. The van der Waals surface area contributed by atoms with Gasteiger partial charge in [-0.15, -0.1) is 0 Å². The number of hydrogen-bond donors (Lipinski definition) is 1. The molecule has 0 spiro atoms. The highest BCUT2D eigenvalue weighted by atomic mass is 16.7. The first kappa shape index (κ1) is 10.6. The Balaban J connectivity index is 2.11. The fraction of sp³-hybridized carbons (Fsp3) is 0.500. The van der Waals surface area contributed by atoms with E-state index < -0.39 is 0 Å². The zero-order valence-corrected chi connectivity index (χ0v) is 8.80. The molecule has 0 amide bonds. The molecular formula is C12H17NO2. The molecule has 1 aromatic carbocycles. The first-order chi connectivity index (χ1) is 7.42. The van der Waals surface area contributed by atoms with Gasteiger partial charge in [-0.25, -0.2) is 0 Å². The van der Waals surface area contributed by atoms with Crippen molar-refractivity contribution in [1.82, 2.24) is 5.06 Å². The third-order valence-corrected chi connectivity index (χ3v) is 2.73. The number of hydroxylamine groups is 2. The van der Waals surface area contributed by atoms with Gasteiger partial charge >= 0.3 is 0 Å². The molecule has 15 heavy (non-hydrogen) atoms. The standard InChI is InChI=1S/C12H17NO2/c14-9-8-13-12(7-4-10-15-13)11-5-2-1-3-6-11/h1-3,5-6,12,14H,4,7-10H2. The summed E-state index contributed by atoms with van der Waals surface area (Å²) in [6.07, 6.45) is 2.19. The summed E-state index contributed by atoms with van der Waals surface area (Å²) in [4.78, 5) is 5.56. The van der Waals surface area contributed by atoms with Crippen LogP contribution in [0.1, 0.15) is 24.4 Å². The first-order valence-corrected chi connectivity index (χ1v) is 5.47. The molecule has 0 radical (unpaired) electrons. The maximum Gasteiger partial charge on any atom is 0.0686 e. The second-order valence-corrected chi connectivity index (χ2v) is 3.77. The molecule has 1 atom stereocenters. The van der Waals surface area contributed by atoms with Crippen molar-refractivity contribution in [2.45, 2.75) is 18.9 Å². The lowest BCUT2D eigenvalue weighted by atomic mass is 10.0. The van der Waals surface area contributed by atoms with E-state index in [4.69, 9.17) is 9.94 Å². The molecule has 2 rings (SSSR count). The van der Waals surface area contributed by atoms with Gasteiger partial charge in [-0.3, -0.25) is 4.84 Å². The van der Waals surface area contributed by atoms with E-state index in [1.807, 2.05) is 23.3 Å². The van der Waals surface area contributed by atoms with Crippen molar-refractivity contribution in [3.8, 4) is 0 Å². The van der Waals surface area contributed by atoms with Crippen molar-refractivity contribution in [2.75, 3.05) is 19.8 Å². The molecule has 1 saturated heterocycles. The molecule has 1 unspecified atom stereocenters. The number of nitrogens with zero attached hydrogens (tertiary/aromatic N) is 1. The fourth-order valence-corrected chi connectivity index (χ4v) is 2.02. The number of rotatable bonds is 3. The van der Waals surface area contributed by atoms with Crippen molar-refractivity contribution in [2.24, 2.45) is 0 Å². The Hall–Kier alpha value is -0.900. The minimum atomic E-state index is 0.142. The average Bonchev–Trinajstić information content (AvgIpc) is 2.31. The predicted octanol–water partition coefficient (Wildman–Crippen LogP) is 1.75. The van der Waals surface area contributed by atoms with Crippen molar-refractivity contribution in [3.63, 3.8) is 0 Å². The predicted molar refractivity (Wildman–Crippen MR) is 58.2 cm³/mol. The summed E-state index contributed by atoms with van der Waals surface area (Å²) in [6, 6.07) is 10.6. The van der Waals surface area contributed by atoms with Crippen molar-refractivity contribution >= 4 is 0 Å². The van der Waals surface area contributed by atoms with Crippen LogP contribution >= 0.6 is 0 Å². The van der Waals surface area contributed by atoms with Crippen LogP contribution in [0, 0.1) is 0 Å². The van der Waals surface area contributed by atoms with E-state index in [2.05, 4.69) is 12.1 Å². The third-order valence-electron chi connectivity index (χ3n) is 2.73. The summed E-state index contributed by atoms with van der Waals surface area (Å²) in [5.74, 6) is 0. The molecule has 0 saturated carbocycles. The van der Waals surface area contributed by atoms with E-state index in [1.54, 1.807) is 0 Å². The van der Waals surface area contributed by atoms with Crippen LogP contribution in [0.2, 0.25) is 0 Å². The Kier molecular flexibility index (Phi) is 3.72. The second-order valence-electron chi connectivity index (χ2n) is 3.77. The van der Waals surface area contributed by atoms with Gasteiger partial charge in [0.2, 0.25) is 0 Å². The molecule has 1 aliphatic rings. The van der Waals surface area contributed by atoms with E-state index in [9.17, 15) is 0 Å². The Morgan fingerprint density at radius 2 is 2.13 bits per heavy atom. The average molecular weight is 207 g/mol. The van der Waals surface area contributed by atoms with Crippen LogP contribution in [0.25, 0.3) is 0 Å². The Labute approximate surface area is 90.2 Å². The normalized spacial score (nSPS) is 22.9. The SMILES string of the molecule is OCCN1OCCCC1c1ccccc1. The van der Waals surface area contributed by atoms with Crippen LogP contribution in [-0.4, -0.2) is 29.9 Å². The van der Waals surface area contributed by atoms with Gasteiger partial charge in [0.25, 0.3) is 0 Å². The van der Waals surface area contributed by atoms with Gasteiger partial charge in [0, 0.05) is 6.54 Å².